The Morgan fingerprint density at radius 1 is 1.13 bits per heavy atom. The number of benzene rings is 1. The molecular formula is C16H11Cl2N3OS. The molecule has 0 aliphatic carbocycles. The number of pyridine rings is 1. The second-order valence-electron chi connectivity index (χ2n) is 4.70. The number of rotatable bonds is 4. The van der Waals surface area contributed by atoms with Crippen LogP contribution in [0.25, 0.3) is 0 Å². The van der Waals surface area contributed by atoms with E-state index in [0.717, 1.165) is 10.4 Å². The molecule has 7 heteroatoms. The predicted molar refractivity (Wildman–Crippen MR) is 93.6 cm³/mol. The zero-order valence-corrected chi connectivity index (χ0v) is 14.1. The third-order valence-corrected chi connectivity index (χ3v) is 4.73. The largest absolute Gasteiger partial charge is 0.298 e. The fourth-order valence-corrected chi connectivity index (χ4v) is 3.34. The molecule has 23 heavy (non-hydrogen) atoms. The van der Waals surface area contributed by atoms with Crippen molar-refractivity contribution in [3.05, 3.63) is 75.0 Å². The Balaban J connectivity index is 1.72. The molecule has 116 valence electrons. The molecule has 0 radical (unpaired) electrons. The van der Waals surface area contributed by atoms with Gasteiger partial charge in [0, 0.05) is 39.9 Å². The fraction of sp³-hybridized carbons (Fsp3) is 0.0625. The minimum atomic E-state index is -0.241. The van der Waals surface area contributed by atoms with Crippen LogP contribution in [0.4, 0.5) is 5.13 Å². The highest BCUT2D eigenvalue weighted by molar-refractivity contribution is 7.15. The topological polar surface area (TPSA) is 54.9 Å². The van der Waals surface area contributed by atoms with Crippen LogP contribution in [0.1, 0.15) is 20.8 Å². The lowest BCUT2D eigenvalue weighted by molar-refractivity contribution is 0.102. The molecular weight excluding hydrogens is 353 g/mol. The molecule has 1 aromatic carbocycles. The van der Waals surface area contributed by atoms with Gasteiger partial charge in [-0.05, 0) is 29.8 Å². The molecule has 0 aliphatic heterocycles. The van der Waals surface area contributed by atoms with Gasteiger partial charge in [0.15, 0.2) is 5.13 Å². The molecule has 0 atom stereocenters. The van der Waals surface area contributed by atoms with Crippen molar-refractivity contribution >= 4 is 45.6 Å². The first kappa shape index (κ1) is 15.9. The highest BCUT2D eigenvalue weighted by Gasteiger charge is 2.12. The van der Waals surface area contributed by atoms with Crippen molar-refractivity contribution in [3.8, 4) is 0 Å². The lowest BCUT2D eigenvalue weighted by atomic mass is 10.1. The Morgan fingerprint density at radius 2 is 1.91 bits per heavy atom. The van der Waals surface area contributed by atoms with Crippen LogP contribution in [0.15, 0.2) is 48.9 Å². The Bertz CT molecular complexity index is 816. The Labute approximate surface area is 147 Å². The van der Waals surface area contributed by atoms with Crippen LogP contribution in [0.5, 0.6) is 0 Å². The highest BCUT2D eigenvalue weighted by Crippen LogP contribution is 2.29. The molecule has 0 saturated heterocycles. The van der Waals surface area contributed by atoms with Crippen LogP contribution >= 0.6 is 34.5 Å². The number of aromatic nitrogens is 2. The first-order valence-corrected chi connectivity index (χ1v) is 8.29. The van der Waals surface area contributed by atoms with E-state index in [4.69, 9.17) is 23.2 Å². The summed E-state index contributed by atoms with van der Waals surface area (Å²) in [6.07, 6.45) is 5.40. The average molecular weight is 364 g/mol. The van der Waals surface area contributed by atoms with Crippen LogP contribution in [-0.2, 0) is 6.42 Å². The van der Waals surface area contributed by atoms with Gasteiger partial charge in [0.2, 0.25) is 0 Å². The Kier molecular flexibility index (Phi) is 4.91. The summed E-state index contributed by atoms with van der Waals surface area (Å²) < 4.78 is 0. The van der Waals surface area contributed by atoms with Crippen molar-refractivity contribution in [2.75, 3.05) is 5.32 Å². The molecule has 2 heterocycles. The lowest BCUT2D eigenvalue weighted by Crippen LogP contribution is -2.11. The van der Waals surface area contributed by atoms with Crippen LogP contribution in [0, 0.1) is 0 Å². The van der Waals surface area contributed by atoms with Crippen molar-refractivity contribution in [3.63, 3.8) is 0 Å². The van der Waals surface area contributed by atoms with E-state index >= 15 is 0 Å². The quantitative estimate of drug-likeness (QED) is 0.731. The van der Waals surface area contributed by atoms with Crippen LogP contribution in [0.3, 0.4) is 0 Å². The van der Waals surface area contributed by atoms with E-state index in [1.165, 1.54) is 17.5 Å². The van der Waals surface area contributed by atoms with E-state index in [9.17, 15) is 4.79 Å². The Hall–Kier alpha value is -1.95. The van der Waals surface area contributed by atoms with Gasteiger partial charge in [-0.25, -0.2) is 4.98 Å². The fourth-order valence-electron chi connectivity index (χ4n) is 1.99. The van der Waals surface area contributed by atoms with Gasteiger partial charge in [0.25, 0.3) is 5.91 Å². The molecule has 0 spiro atoms. The van der Waals surface area contributed by atoms with Gasteiger partial charge in [-0.3, -0.25) is 15.1 Å². The first-order valence-electron chi connectivity index (χ1n) is 6.72. The van der Waals surface area contributed by atoms with Gasteiger partial charge < -0.3 is 0 Å². The number of anilines is 1. The number of amides is 1. The van der Waals surface area contributed by atoms with Crippen molar-refractivity contribution in [2.45, 2.75) is 6.42 Å². The second kappa shape index (κ2) is 7.08. The van der Waals surface area contributed by atoms with Crippen LogP contribution in [-0.4, -0.2) is 15.9 Å². The molecule has 1 amide bonds. The van der Waals surface area contributed by atoms with Gasteiger partial charge in [0.1, 0.15) is 0 Å². The molecule has 0 bridgehead atoms. The number of carbonyl (C=O) groups is 1. The molecule has 1 N–H and O–H groups in total. The van der Waals surface area contributed by atoms with Crippen LogP contribution in [0.2, 0.25) is 10.0 Å². The van der Waals surface area contributed by atoms with E-state index in [1.54, 1.807) is 42.7 Å². The predicted octanol–water partition coefficient (Wildman–Crippen LogP) is 4.69. The standard InChI is InChI=1S/C16H11Cl2N3OS/c17-13-4-1-5-14(18)12(13)7-11-9-20-16(23-11)21-15(22)10-3-2-6-19-8-10/h1-6,8-9H,7H2,(H,20,21,22). The number of halogens is 2. The van der Waals surface area contributed by atoms with E-state index in [-0.39, 0.29) is 5.91 Å². The third kappa shape index (κ3) is 3.88. The number of nitrogens with zero attached hydrogens (tertiary/aromatic N) is 2. The second-order valence-corrected chi connectivity index (χ2v) is 6.63. The number of nitrogens with one attached hydrogen (secondary N) is 1. The van der Waals surface area contributed by atoms with Gasteiger partial charge in [-0.1, -0.05) is 29.3 Å². The van der Waals surface area contributed by atoms with E-state index < -0.39 is 0 Å². The van der Waals surface area contributed by atoms with Gasteiger partial charge >= 0.3 is 0 Å². The number of hydrogen-bond acceptors (Lipinski definition) is 4. The summed E-state index contributed by atoms with van der Waals surface area (Å²) >= 11 is 13.7. The van der Waals surface area contributed by atoms with Crippen molar-refractivity contribution < 1.29 is 4.79 Å². The minimum absolute atomic E-state index is 0.241. The summed E-state index contributed by atoms with van der Waals surface area (Å²) in [5.41, 5.74) is 1.34. The summed E-state index contributed by atoms with van der Waals surface area (Å²) in [6, 6.07) is 8.81. The normalized spacial score (nSPS) is 10.5. The van der Waals surface area contributed by atoms with Crippen molar-refractivity contribution in [2.24, 2.45) is 0 Å². The summed E-state index contributed by atoms with van der Waals surface area (Å²) in [5, 5.41) is 4.52. The van der Waals surface area contributed by atoms with E-state index in [2.05, 4.69) is 15.3 Å². The average Bonchev–Trinajstić information content (AvgIpc) is 2.99. The zero-order valence-electron chi connectivity index (χ0n) is 11.8. The highest BCUT2D eigenvalue weighted by atomic mass is 35.5. The Morgan fingerprint density at radius 3 is 2.61 bits per heavy atom. The number of thiazole rings is 1. The summed E-state index contributed by atoms with van der Waals surface area (Å²) in [7, 11) is 0. The zero-order chi connectivity index (χ0) is 16.2. The molecule has 3 aromatic rings. The number of carbonyl (C=O) groups excluding carboxylic acids is 1. The summed E-state index contributed by atoms with van der Waals surface area (Å²) in [6.45, 7) is 0. The smallest absolute Gasteiger partial charge is 0.259 e. The van der Waals surface area contributed by atoms with E-state index in [1.807, 2.05) is 0 Å². The van der Waals surface area contributed by atoms with Gasteiger partial charge in [0.05, 0.1) is 5.56 Å². The molecule has 0 unspecified atom stereocenters. The first-order chi connectivity index (χ1) is 11.1. The van der Waals surface area contributed by atoms with Crippen molar-refractivity contribution in [1.29, 1.82) is 0 Å². The summed E-state index contributed by atoms with van der Waals surface area (Å²) in [4.78, 5) is 21.2. The molecule has 0 saturated carbocycles. The monoisotopic (exact) mass is 363 g/mol. The molecule has 0 aliphatic rings. The molecule has 0 fully saturated rings. The maximum Gasteiger partial charge on any atom is 0.259 e. The SMILES string of the molecule is O=C(Nc1ncc(Cc2c(Cl)cccc2Cl)s1)c1cccnc1. The maximum absolute atomic E-state index is 12.1. The number of hydrogen-bond donors (Lipinski definition) is 1. The van der Waals surface area contributed by atoms with Gasteiger partial charge in [-0.2, -0.15) is 0 Å². The molecule has 4 nitrogen and oxygen atoms in total. The molecule has 3 rings (SSSR count). The van der Waals surface area contributed by atoms with E-state index in [0.29, 0.717) is 27.2 Å². The summed E-state index contributed by atoms with van der Waals surface area (Å²) in [5.74, 6) is -0.241. The third-order valence-electron chi connectivity index (χ3n) is 3.11. The van der Waals surface area contributed by atoms with Gasteiger partial charge in [-0.15, -0.1) is 11.3 Å². The minimum Gasteiger partial charge on any atom is -0.298 e. The van der Waals surface area contributed by atoms with Crippen LogP contribution < -0.4 is 5.32 Å². The maximum atomic E-state index is 12.1. The lowest BCUT2D eigenvalue weighted by Gasteiger charge is -2.04. The molecule has 2 aromatic heterocycles. The van der Waals surface area contributed by atoms with Crippen molar-refractivity contribution in [1.82, 2.24) is 9.97 Å².